The highest BCUT2D eigenvalue weighted by Crippen LogP contribution is 2.25. The number of para-hydroxylation sites is 1. The van der Waals surface area contributed by atoms with Gasteiger partial charge in [-0.3, -0.25) is 24.0 Å². The summed E-state index contributed by atoms with van der Waals surface area (Å²) in [7, 11) is 0. The number of fused-ring (bicyclic) bond motifs is 2. The van der Waals surface area contributed by atoms with Crippen molar-refractivity contribution >= 4 is 78.9 Å². The summed E-state index contributed by atoms with van der Waals surface area (Å²) in [5, 5.41) is 18.8. The molecule has 0 aliphatic rings. The van der Waals surface area contributed by atoms with Gasteiger partial charge in [0.05, 0.1) is 5.69 Å². The fraction of sp³-hybridized carbons (Fsp3) is 0.0460. The largest absolute Gasteiger partial charge is 0.362 e. The molecule has 12 rings (SSSR count). The number of hydrogen-bond donors (Lipinski definition) is 5. The van der Waals surface area contributed by atoms with Crippen LogP contribution in [0.4, 0.5) is 46.0 Å². The smallest absolute Gasteiger partial charge is 0.187 e. The number of anilines is 5. The Kier molecular flexibility index (Phi) is 28.2. The molecule has 12 aromatic rings. The maximum absolute atomic E-state index is 13.4. The summed E-state index contributed by atoms with van der Waals surface area (Å²) in [4.78, 5) is 59.7. The van der Waals surface area contributed by atoms with E-state index < -0.39 is 11.6 Å². The van der Waals surface area contributed by atoms with E-state index in [9.17, 15) is 41.5 Å². The molecule has 14 heteroatoms. The number of aryl methyl sites for hydroxylation is 4. The molecule has 0 aliphatic carbocycles. The zero-order valence-corrected chi connectivity index (χ0v) is 55.9. The molecule has 0 bridgehead atoms. The number of carbonyl (C=O) groups is 5. The standard InChI is InChI=1S/C20H17NO.C19H15NO.C17H16FNO.C16H14FNO.C15H11F2NO/c1-15-6-4-9-17(14-15)21-13-12-20(22)19-11-5-8-16-7-2-3-10-18(16)19;21-19(16-8-2-1-3-9-16)13-14-20-18-12-6-10-15-7-4-5-11-17(15)18;1-12-4-3-5-14(8-12)17(20)6-7-19-16-10-13(2)9-15(18)11-16;1-12-7-8-14(17)15(11-12)18-10-9-16(19)13-5-3-2-4-6-13;16-12-7-4-8-13(17)15(12)18-10-9-14(19)11-5-2-1-3-6-11/h2-14,21H,1H3;1-14,20H;3-11,19H,1-2H3;2-11,18H,1H3;1-10,18H/b13-12-;14-13-;7-6-;2*10-9-. The van der Waals surface area contributed by atoms with Crippen LogP contribution >= 0.6 is 0 Å². The highest BCUT2D eigenvalue weighted by Gasteiger charge is 2.10. The molecule has 0 aliphatic heterocycles. The van der Waals surface area contributed by atoms with E-state index in [1.807, 2.05) is 179 Å². The summed E-state index contributed by atoms with van der Waals surface area (Å²) in [6.07, 6.45) is 14.8. The highest BCUT2D eigenvalue weighted by molar-refractivity contribution is 6.13. The van der Waals surface area contributed by atoms with Gasteiger partial charge in [-0.05, 0) is 127 Å². The fourth-order valence-electron chi connectivity index (χ4n) is 9.85. The van der Waals surface area contributed by atoms with Crippen LogP contribution in [0.25, 0.3) is 21.5 Å². The molecule has 0 aromatic heterocycles. The van der Waals surface area contributed by atoms with E-state index in [0.29, 0.717) is 33.6 Å². The lowest BCUT2D eigenvalue weighted by Crippen LogP contribution is -1.98. The third-order valence-corrected chi connectivity index (χ3v) is 14.8. The first-order valence-corrected chi connectivity index (χ1v) is 32.1. The Hall–Kier alpha value is -13.1. The van der Waals surface area contributed by atoms with Crippen molar-refractivity contribution in [1.82, 2.24) is 0 Å². The third-order valence-electron chi connectivity index (χ3n) is 14.8. The summed E-state index contributed by atoms with van der Waals surface area (Å²) in [6, 6.07) is 83.1. The quantitative estimate of drug-likeness (QED) is 0.0284. The van der Waals surface area contributed by atoms with E-state index >= 15 is 0 Å². The highest BCUT2D eigenvalue weighted by atomic mass is 19.1. The first kappa shape index (κ1) is 73.7. The van der Waals surface area contributed by atoms with Crippen molar-refractivity contribution in [2.75, 3.05) is 26.6 Å². The minimum absolute atomic E-state index is 0.00282. The molecule has 12 aromatic carbocycles. The predicted octanol–water partition coefficient (Wildman–Crippen LogP) is 21.6. The maximum Gasteiger partial charge on any atom is 0.187 e. The second-order valence-corrected chi connectivity index (χ2v) is 22.7. The molecule has 0 amide bonds. The van der Waals surface area contributed by atoms with Crippen LogP contribution in [-0.2, 0) is 0 Å². The van der Waals surface area contributed by atoms with Crippen molar-refractivity contribution in [3.05, 3.63) is 414 Å². The van der Waals surface area contributed by atoms with Crippen LogP contribution in [0.5, 0.6) is 0 Å². The molecule has 0 fully saturated rings. The van der Waals surface area contributed by atoms with E-state index in [1.165, 1.54) is 72.0 Å². The molecule has 101 heavy (non-hydrogen) atoms. The monoisotopic (exact) mass is 1340 g/mol. The third kappa shape index (κ3) is 23.9. The number of ketones is 5. The average molecular weight is 1340 g/mol. The molecule has 5 N–H and O–H groups in total. The summed E-state index contributed by atoms with van der Waals surface area (Å²) >= 11 is 0. The van der Waals surface area contributed by atoms with Gasteiger partial charge >= 0.3 is 0 Å². The first-order valence-electron chi connectivity index (χ1n) is 32.1. The van der Waals surface area contributed by atoms with Gasteiger partial charge in [-0.15, -0.1) is 0 Å². The van der Waals surface area contributed by atoms with Crippen LogP contribution in [0.2, 0.25) is 0 Å². The maximum atomic E-state index is 13.4. The molecular formula is C87H73F4N5O5. The Labute approximate surface area is 585 Å². The van der Waals surface area contributed by atoms with Gasteiger partial charge in [-0.1, -0.05) is 218 Å². The van der Waals surface area contributed by atoms with Crippen molar-refractivity contribution in [2.45, 2.75) is 27.7 Å². The number of benzene rings is 12. The number of allylic oxidation sites excluding steroid dienone is 5. The Bertz CT molecular complexity index is 4910. The molecular weight excluding hydrogens is 1270 g/mol. The van der Waals surface area contributed by atoms with Gasteiger partial charge in [-0.25, -0.2) is 17.6 Å². The summed E-state index contributed by atoms with van der Waals surface area (Å²) in [5.41, 5.74) is 9.82. The van der Waals surface area contributed by atoms with Crippen LogP contribution in [0, 0.1) is 51.0 Å². The number of halogens is 4. The van der Waals surface area contributed by atoms with Gasteiger partial charge in [0.1, 0.15) is 29.0 Å². The van der Waals surface area contributed by atoms with Crippen LogP contribution in [-0.4, -0.2) is 28.9 Å². The Balaban J connectivity index is 0.000000161. The van der Waals surface area contributed by atoms with Crippen molar-refractivity contribution < 1.29 is 41.5 Å². The van der Waals surface area contributed by atoms with E-state index in [4.69, 9.17) is 0 Å². The lowest BCUT2D eigenvalue weighted by Gasteiger charge is -2.05. The summed E-state index contributed by atoms with van der Waals surface area (Å²) < 4.78 is 53.2. The molecule has 0 saturated heterocycles. The topological polar surface area (TPSA) is 146 Å². The number of carbonyl (C=O) groups excluding carboxylic acids is 5. The van der Waals surface area contributed by atoms with Crippen molar-refractivity contribution in [1.29, 1.82) is 0 Å². The van der Waals surface area contributed by atoms with Crippen LogP contribution < -0.4 is 26.6 Å². The van der Waals surface area contributed by atoms with E-state index in [-0.39, 0.29) is 46.2 Å². The van der Waals surface area contributed by atoms with Gasteiger partial charge < -0.3 is 26.6 Å². The zero-order chi connectivity index (χ0) is 71.7. The normalized spacial score (nSPS) is 10.8. The van der Waals surface area contributed by atoms with Crippen molar-refractivity contribution in [3.63, 3.8) is 0 Å². The first-order chi connectivity index (χ1) is 49.0. The van der Waals surface area contributed by atoms with Gasteiger partial charge in [0, 0.05) is 112 Å². The lowest BCUT2D eigenvalue weighted by molar-refractivity contribution is 0.103. The van der Waals surface area contributed by atoms with Gasteiger partial charge in [-0.2, -0.15) is 0 Å². The lowest BCUT2D eigenvalue weighted by atomic mass is 10.0. The van der Waals surface area contributed by atoms with E-state index in [0.717, 1.165) is 61.9 Å². The Morgan fingerprint density at radius 2 is 0.683 bits per heavy atom. The van der Waals surface area contributed by atoms with E-state index in [2.05, 4.69) is 44.8 Å². The molecule has 0 saturated carbocycles. The minimum Gasteiger partial charge on any atom is -0.362 e. The molecule has 10 nitrogen and oxygen atoms in total. The van der Waals surface area contributed by atoms with Crippen LogP contribution in [0.15, 0.2) is 340 Å². The summed E-state index contributed by atoms with van der Waals surface area (Å²) in [5.74, 6) is -2.54. The number of rotatable bonds is 20. The molecule has 0 heterocycles. The Morgan fingerprint density at radius 3 is 1.25 bits per heavy atom. The van der Waals surface area contributed by atoms with Crippen LogP contribution in [0.1, 0.15) is 74.0 Å². The van der Waals surface area contributed by atoms with Crippen molar-refractivity contribution in [2.24, 2.45) is 0 Å². The second-order valence-electron chi connectivity index (χ2n) is 22.7. The fourth-order valence-corrected chi connectivity index (χ4v) is 9.85. The molecule has 504 valence electrons. The van der Waals surface area contributed by atoms with Crippen LogP contribution in [0.3, 0.4) is 0 Å². The van der Waals surface area contributed by atoms with Gasteiger partial charge in [0.2, 0.25) is 0 Å². The van der Waals surface area contributed by atoms with Gasteiger partial charge in [0.25, 0.3) is 0 Å². The number of nitrogens with one attached hydrogen (secondary N) is 5. The van der Waals surface area contributed by atoms with Crippen molar-refractivity contribution in [3.8, 4) is 0 Å². The molecule has 0 atom stereocenters. The number of hydrogen-bond acceptors (Lipinski definition) is 10. The minimum atomic E-state index is -0.711. The Morgan fingerprint density at radius 1 is 0.277 bits per heavy atom. The predicted molar refractivity (Wildman–Crippen MR) is 404 cm³/mol. The molecule has 0 radical (unpaired) electrons. The SMILES string of the molecule is Cc1cc(F)cc(N/C=C\C(=O)c2cccc(C)c2)c1.Cc1ccc(F)c(N/C=C\C(=O)c2ccccc2)c1.Cc1cccc(N/C=C\C(=O)c2cccc3ccccc23)c1.O=C(/C=C\Nc1c(F)cccc1F)c1ccccc1.O=C(/C=C\Nc1cccc2ccccc12)c1ccccc1. The molecule has 0 unspecified atom stereocenters. The van der Waals surface area contributed by atoms with E-state index in [1.54, 1.807) is 97.3 Å². The summed E-state index contributed by atoms with van der Waals surface area (Å²) in [6.45, 7) is 7.67. The zero-order valence-electron chi connectivity index (χ0n) is 55.9. The second kappa shape index (κ2) is 38.6. The molecule has 0 spiro atoms. The average Bonchev–Trinajstić information content (AvgIpc) is 0.825. The van der Waals surface area contributed by atoms with Gasteiger partial charge in [0.15, 0.2) is 28.9 Å².